The van der Waals surface area contributed by atoms with Crippen LogP contribution < -0.4 is 10.6 Å². The van der Waals surface area contributed by atoms with Gasteiger partial charge in [-0.2, -0.15) is 0 Å². The smallest absolute Gasteiger partial charge is 0.414 e. The molecule has 0 saturated heterocycles. The Labute approximate surface area is 213 Å². The van der Waals surface area contributed by atoms with Crippen LogP contribution in [0.1, 0.15) is 49.9 Å². The van der Waals surface area contributed by atoms with Gasteiger partial charge < -0.3 is 4.74 Å². The minimum Gasteiger partial charge on any atom is -0.444 e. The predicted molar refractivity (Wildman–Crippen MR) is 144 cm³/mol. The Morgan fingerprint density at radius 2 is 1.47 bits per heavy atom. The number of nitrogens with zero attached hydrogens (tertiary/aromatic N) is 1. The molecular weight excluding hydrogens is 450 g/mol. The van der Waals surface area contributed by atoms with Gasteiger partial charge in [-0.05, 0) is 35.6 Å². The Morgan fingerprint density at radius 1 is 0.889 bits per heavy atom. The number of guanidine groups is 1. The Bertz CT molecular complexity index is 1180. The van der Waals surface area contributed by atoms with Crippen molar-refractivity contribution >= 4 is 24.0 Å². The van der Waals surface area contributed by atoms with Crippen LogP contribution in [0, 0.1) is 5.92 Å². The number of amides is 2. The van der Waals surface area contributed by atoms with Gasteiger partial charge >= 0.3 is 6.09 Å². The Kier molecular flexibility index (Phi) is 10.0. The van der Waals surface area contributed by atoms with Gasteiger partial charge in [0.05, 0.1) is 6.04 Å². The largest absolute Gasteiger partial charge is 0.444 e. The first-order valence-corrected chi connectivity index (χ1v) is 12.1. The number of hydrogen-bond acceptors (Lipinski definition) is 4. The third-order valence-electron chi connectivity index (χ3n) is 5.73. The van der Waals surface area contributed by atoms with Crippen molar-refractivity contribution in [2.75, 3.05) is 0 Å². The molecule has 0 aromatic heterocycles. The summed E-state index contributed by atoms with van der Waals surface area (Å²) in [4.78, 5) is 30.2. The zero-order chi connectivity index (χ0) is 25.8. The summed E-state index contributed by atoms with van der Waals surface area (Å²) in [6.07, 6.45) is 2.01. The molecule has 0 spiro atoms. The summed E-state index contributed by atoms with van der Waals surface area (Å²) in [5, 5.41) is 5.43. The van der Waals surface area contributed by atoms with Gasteiger partial charge in [-0.15, -0.1) is 0 Å². The minimum absolute atomic E-state index is 0.0491. The molecule has 0 heterocycles. The first-order valence-electron chi connectivity index (χ1n) is 12.1. The summed E-state index contributed by atoms with van der Waals surface area (Å²) in [6.45, 7) is 5.85. The van der Waals surface area contributed by atoms with Crippen molar-refractivity contribution in [1.29, 1.82) is 0 Å². The number of nitrogens with one attached hydrogen (secondary N) is 2. The van der Waals surface area contributed by atoms with Crippen molar-refractivity contribution in [3.05, 3.63) is 113 Å². The second-order valence-corrected chi connectivity index (χ2v) is 8.58. The zero-order valence-corrected chi connectivity index (χ0v) is 21.0. The van der Waals surface area contributed by atoms with E-state index in [4.69, 9.17) is 9.73 Å². The van der Waals surface area contributed by atoms with Gasteiger partial charge in [0.2, 0.25) is 11.9 Å². The molecule has 0 bridgehead atoms. The molecule has 2 amide bonds. The molecular formula is C30H33N3O3. The van der Waals surface area contributed by atoms with Crippen LogP contribution in [-0.4, -0.2) is 18.0 Å². The number of aliphatic imine (C=N–C) groups is 1. The summed E-state index contributed by atoms with van der Waals surface area (Å²) in [5.41, 5.74) is 3.77. The molecule has 0 radical (unpaired) electrons. The monoisotopic (exact) mass is 483 g/mol. The lowest BCUT2D eigenvalue weighted by Gasteiger charge is -2.19. The van der Waals surface area contributed by atoms with Crippen LogP contribution >= 0.6 is 0 Å². The van der Waals surface area contributed by atoms with Crippen molar-refractivity contribution in [3.63, 3.8) is 0 Å². The molecule has 6 heteroatoms. The van der Waals surface area contributed by atoms with E-state index in [-0.39, 0.29) is 24.4 Å². The summed E-state index contributed by atoms with van der Waals surface area (Å²) >= 11 is 0. The highest BCUT2D eigenvalue weighted by molar-refractivity contribution is 6.03. The molecule has 0 fully saturated rings. The number of carbonyl (C=O) groups excluding carboxylic acids is 2. The van der Waals surface area contributed by atoms with E-state index in [2.05, 4.69) is 10.6 Å². The van der Waals surface area contributed by atoms with Crippen LogP contribution in [0.2, 0.25) is 0 Å². The lowest BCUT2D eigenvalue weighted by Crippen LogP contribution is -2.46. The van der Waals surface area contributed by atoms with Crippen molar-refractivity contribution < 1.29 is 14.3 Å². The molecule has 2 unspecified atom stereocenters. The van der Waals surface area contributed by atoms with E-state index in [0.29, 0.717) is 6.42 Å². The third kappa shape index (κ3) is 8.24. The van der Waals surface area contributed by atoms with Gasteiger partial charge in [-0.3, -0.25) is 15.4 Å². The number of ether oxygens (including phenoxy) is 1. The van der Waals surface area contributed by atoms with E-state index >= 15 is 0 Å². The van der Waals surface area contributed by atoms with Gasteiger partial charge in [0.25, 0.3) is 0 Å². The fourth-order valence-corrected chi connectivity index (χ4v) is 3.47. The van der Waals surface area contributed by atoms with E-state index in [1.807, 2.05) is 118 Å². The van der Waals surface area contributed by atoms with E-state index in [1.165, 1.54) is 0 Å². The summed E-state index contributed by atoms with van der Waals surface area (Å²) in [6, 6.07) is 28.6. The molecule has 6 nitrogen and oxygen atoms in total. The second kappa shape index (κ2) is 13.6. The zero-order valence-electron chi connectivity index (χ0n) is 21.0. The Balaban J connectivity index is 1.91. The predicted octanol–water partition coefficient (Wildman–Crippen LogP) is 6.28. The average Bonchev–Trinajstić information content (AvgIpc) is 2.91. The van der Waals surface area contributed by atoms with Gasteiger partial charge in [0.1, 0.15) is 6.61 Å². The van der Waals surface area contributed by atoms with Crippen LogP contribution in [0.3, 0.4) is 0 Å². The molecule has 36 heavy (non-hydrogen) atoms. The van der Waals surface area contributed by atoms with Gasteiger partial charge in [-0.25, -0.2) is 9.79 Å². The number of hydrogen-bond donors (Lipinski definition) is 2. The van der Waals surface area contributed by atoms with Gasteiger partial charge in [0.15, 0.2) is 0 Å². The molecule has 3 aromatic carbocycles. The van der Waals surface area contributed by atoms with Gasteiger partial charge in [0, 0.05) is 5.92 Å². The standard InChI is InChI=1S/C30H33N3O3/c1-4-22(2)28(34)32-29(33-30(35)36-21-25-16-10-6-11-17-25)31-27(26-18-12-7-13-19-26)23(3)20-24-14-8-5-9-15-24/h5-20,22,27H,4,21H2,1-3H3,(H2,31,32,33,34,35)/b23-20+. The first kappa shape index (κ1) is 26.4. The molecule has 186 valence electrons. The van der Waals surface area contributed by atoms with Crippen LogP contribution in [0.5, 0.6) is 0 Å². The number of carbonyl (C=O) groups is 2. The van der Waals surface area contributed by atoms with Crippen molar-refractivity contribution in [2.24, 2.45) is 10.9 Å². The molecule has 2 N–H and O–H groups in total. The fraction of sp³-hybridized carbons (Fsp3) is 0.233. The van der Waals surface area contributed by atoms with E-state index in [1.54, 1.807) is 0 Å². The maximum absolute atomic E-state index is 12.7. The highest BCUT2D eigenvalue weighted by atomic mass is 16.5. The molecule has 0 saturated carbocycles. The van der Waals surface area contributed by atoms with Crippen LogP contribution in [-0.2, 0) is 16.1 Å². The lowest BCUT2D eigenvalue weighted by atomic mass is 9.98. The maximum Gasteiger partial charge on any atom is 0.414 e. The first-order chi connectivity index (χ1) is 17.5. The fourth-order valence-electron chi connectivity index (χ4n) is 3.47. The number of rotatable bonds is 8. The summed E-state index contributed by atoms with van der Waals surface area (Å²) in [5.74, 6) is -0.419. The summed E-state index contributed by atoms with van der Waals surface area (Å²) in [7, 11) is 0. The van der Waals surface area contributed by atoms with E-state index < -0.39 is 12.1 Å². The van der Waals surface area contributed by atoms with E-state index in [0.717, 1.165) is 22.3 Å². The number of benzene rings is 3. The van der Waals surface area contributed by atoms with Crippen LogP contribution in [0.15, 0.2) is 102 Å². The Morgan fingerprint density at radius 3 is 2.08 bits per heavy atom. The SMILES string of the molecule is CCC(C)C(=O)NC(=NC(/C(C)=C/c1ccccc1)c1ccccc1)NC(=O)OCc1ccccc1. The highest BCUT2D eigenvalue weighted by Crippen LogP contribution is 2.27. The molecule has 0 aliphatic carbocycles. The topological polar surface area (TPSA) is 79.8 Å². The highest BCUT2D eigenvalue weighted by Gasteiger charge is 2.19. The van der Waals surface area contributed by atoms with E-state index in [9.17, 15) is 9.59 Å². The minimum atomic E-state index is -0.696. The van der Waals surface area contributed by atoms with Crippen LogP contribution in [0.4, 0.5) is 4.79 Å². The molecule has 3 aromatic rings. The van der Waals surface area contributed by atoms with Crippen molar-refractivity contribution in [1.82, 2.24) is 10.6 Å². The van der Waals surface area contributed by atoms with Crippen LogP contribution in [0.25, 0.3) is 6.08 Å². The normalized spacial score (nSPS) is 13.4. The molecule has 3 rings (SSSR count). The average molecular weight is 484 g/mol. The Hall–Kier alpha value is -4.19. The van der Waals surface area contributed by atoms with Crippen molar-refractivity contribution in [2.45, 2.75) is 39.8 Å². The molecule has 0 aliphatic heterocycles. The second-order valence-electron chi connectivity index (χ2n) is 8.58. The number of alkyl carbamates (subject to hydrolysis) is 1. The quantitative estimate of drug-likeness (QED) is 0.292. The summed E-state index contributed by atoms with van der Waals surface area (Å²) < 4.78 is 5.37. The molecule has 2 atom stereocenters. The molecule has 0 aliphatic rings. The van der Waals surface area contributed by atoms with Crippen molar-refractivity contribution in [3.8, 4) is 0 Å². The third-order valence-corrected chi connectivity index (χ3v) is 5.73. The lowest BCUT2D eigenvalue weighted by molar-refractivity contribution is -0.123. The maximum atomic E-state index is 12.7. The van der Waals surface area contributed by atoms with Gasteiger partial charge in [-0.1, -0.05) is 111 Å².